The van der Waals surface area contributed by atoms with Crippen LogP contribution in [-0.4, -0.2) is 43.7 Å². The first-order valence-corrected chi connectivity index (χ1v) is 7.26. The quantitative estimate of drug-likeness (QED) is 0.776. The summed E-state index contributed by atoms with van der Waals surface area (Å²) in [6.07, 6.45) is 3.72. The van der Waals surface area contributed by atoms with E-state index in [2.05, 4.69) is 4.90 Å². The van der Waals surface area contributed by atoms with E-state index in [1.807, 2.05) is 13.0 Å². The monoisotopic (exact) mass is 277 g/mol. The molecule has 0 aromatic heterocycles. The number of ether oxygens (including phenoxy) is 2. The van der Waals surface area contributed by atoms with Crippen LogP contribution in [0.3, 0.4) is 0 Å². The van der Waals surface area contributed by atoms with Crippen LogP contribution < -0.4 is 4.74 Å². The van der Waals surface area contributed by atoms with Crippen LogP contribution in [0.2, 0.25) is 0 Å². The number of hydrogen-bond acceptors (Lipinski definition) is 4. The van der Waals surface area contributed by atoms with Crippen molar-refractivity contribution >= 4 is 5.97 Å². The Morgan fingerprint density at radius 2 is 2.05 bits per heavy atom. The number of esters is 1. The van der Waals surface area contributed by atoms with Crippen LogP contribution in [0.5, 0.6) is 5.75 Å². The SMILES string of the molecule is COc1cccc(C(=O)O[C@@H](C)CN2CCCCC2)c1. The van der Waals surface area contributed by atoms with Gasteiger partial charge in [-0.05, 0) is 51.1 Å². The van der Waals surface area contributed by atoms with Gasteiger partial charge in [-0.15, -0.1) is 0 Å². The van der Waals surface area contributed by atoms with Gasteiger partial charge in [0.1, 0.15) is 11.9 Å². The van der Waals surface area contributed by atoms with Gasteiger partial charge in [0.2, 0.25) is 0 Å². The Balaban J connectivity index is 1.86. The van der Waals surface area contributed by atoms with E-state index in [9.17, 15) is 4.79 Å². The van der Waals surface area contributed by atoms with Crippen molar-refractivity contribution in [3.05, 3.63) is 29.8 Å². The van der Waals surface area contributed by atoms with E-state index in [4.69, 9.17) is 9.47 Å². The zero-order valence-electron chi connectivity index (χ0n) is 12.3. The lowest BCUT2D eigenvalue weighted by Gasteiger charge is -2.28. The zero-order chi connectivity index (χ0) is 14.4. The fourth-order valence-corrected chi connectivity index (χ4v) is 2.54. The summed E-state index contributed by atoms with van der Waals surface area (Å²) >= 11 is 0. The van der Waals surface area contributed by atoms with Crippen LogP contribution in [0.4, 0.5) is 0 Å². The summed E-state index contributed by atoms with van der Waals surface area (Å²) in [5.41, 5.74) is 0.537. The summed E-state index contributed by atoms with van der Waals surface area (Å²) in [6.45, 7) is 4.99. The van der Waals surface area contributed by atoms with Crippen LogP contribution in [0, 0.1) is 0 Å². The first kappa shape index (κ1) is 14.9. The number of hydrogen-bond donors (Lipinski definition) is 0. The first-order chi connectivity index (χ1) is 9.69. The molecule has 4 nitrogen and oxygen atoms in total. The van der Waals surface area contributed by atoms with Crippen molar-refractivity contribution in [2.75, 3.05) is 26.7 Å². The molecule has 0 aliphatic carbocycles. The number of likely N-dealkylation sites (tertiary alicyclic amines) is 1. The molecule has 0 saturated carbocycles. The van der Waals surface area contributed by atoms with Crippen LogP contribution in [0.15, 0.2) is 24.3 Å². The Morgan fingerprint density at radius 1 is 1.30 bits per heavy atom. The molecule has 1 aliphatic rings. The minimum atomic E-state index is -0.284. The van der Waals surface area contributed by atoms with Gasteiger partial charge in [-0.25, -0.2) is 4.79 Å². The van der Waals surface area contributed by atoms with Crippen LogP contribution >= 0.6 is 0 Å². The van der Waals surface area contributed by atoms with Crippen molar-refractivity contribution in [1.82, 2.24) is 4.90 Å². The Morgan fingerprint density at radius 3 is 2.75 bits per heavy atom. The summed E-state index contributed by atoms with van der Waals surface area (Å²) in [5, 5.41) is 0. The molecule has 20 heavy (non-hydrogen) atoms. The number of carbonyl (C=O) groups excluding carboxylic acids is 1. The van der Waals surface area contributed by atoms with Gasteiger partial charge in [-0.1, -0.05) is 12.5 Å². The maximum Gasteiger partial charge on any atom is 0.338 e. The summed E-state index contributed by atoms with van der Waals surface area (Å²) in [7, 11) is 1.59. The first-order valence-electron chi connectivity index (χ1n) is 7.26. The number of nitrogens with zero attached hydrogens (tertiary/aromatic N) is 1. The highest BCUT2D eigenvalue weighted by Crippen LogP contribution is 2.15. The highest BCUT2D eigenvalue weighted by Gasteiger charge is 2.17. The molecule has 4 heteroatoms. The molecule has 110 valence electrons. The second kappa shape index (κ2) is 7.29. The van der Waals surface area contributed by atoms with Crippen molar-refractivity contribution in [2.24, 2.45) is 0 Å². The lowest BCUT2D eigenvalue weighted by atomic mass is 10.1. The predicted molar refractivity (Wildman–Crippen MR) is 78.2 cm³/mol. The molecule has 1 aromatic rings. The number of methoxy groups -OCH3 is 1. The van der Waals surface area contributed by atoms with Gasteiger partial charge in [-0.2, -0.15) is 0 Å². The molecule has 1 aliphatic heterocycles. The lowest BCUT2D eigenvalue weighted by molar-refractivity contribution is 0.0235. The minimum absolute atomic E-state index is 0.0909. The summed E-state index contributed by atoms with van der Waals surface area (Å²) in [5.74, 6) is 0.386. The molecular weight excluding hydrogens is 254 g/mol. The van der Waals surface area contributed by atoms with E-state index in [1.54, 1.807) is 25.3 Å². The van der Waals surface area contributed by atoms with Crippen molar-refractivity contribution in [1.29, 1.82) is 0 Å². The molecule has 2 rings (SSSR count). The molecule has 0 bridgehead atoms. The Bertz CT molecular complexity index is 441. The average molecular weight is 277 g/mol. The molecule has 1 aromatic carbocycles. The Kier molecular flexibility index (Phi) is 5.41. The third-order valence-electron chi connectivity index (χ3n) is 3.58. The second-order valence-electron chi connectivity index (χ2n) is 5.31. The number of rotatable bonds is 5. The van der Waals surface area contributed by atoms with Gasteiger partial charge in [0.15, 0.2) is 0 Å². The molecule has 1 saturated heterocycles. The average Bonchev–Trinajstić information content (AvgIpc) is 2.48. The van der Waals surface area contributed by atoms with Gasteiger partial charge >= 0.3 is 5.97 Å². The van der Waals surface area contributed by atoms with Gasteiger partial charge in [0, 0.05) is 6.54 Å². The van der Waals surface area contributed by atoms with E-state index in [-0.39, 0.29) is 12.1 Å². The third-order valence-corrected chi connectivity index (χ3v) is 3.58. The van der Waals surface area contributed by atoms with E-state index in [0.29, 0.717) is 11.3 Å². The number of carbonyl (C=O) groups is 1. The van der Waals surface area contributed by atoms with E-state index < -0.39 is 0 Å². The van der Waals surface area contributed by atoms with Crippen molar-refractivity contribution in [3.63, 3.8) is 0 Å². The van der Waals surface area contributed by atoms with Gasteiger partial charge in [0.25, 0.3) is 0 Å². The van der Waals surface area contributed by atoms with E-state index in [0.717, 1.165) is 19.6 Å². The zero-order valence-corrected chi connectivity index (χ0v) is 12.3. The lowest BCUT2D eigenvalue weighted by Crippen LogP contribution is -2.37. The van der Waals surface area contributed by atoms with Gasteiger partial charge in [-0.3, -0.25) is 4.90 Å². The summed E-state index contributed by atoms with van der Waals surface area (Å²) in [4.78, 5) is 14.4. The third kappa shape index (κ3) is 4.23. The minimum Gasteiger partial charge on any atom is -0.497 e. The van der Waals surface area contributed by atoms with E-state index in [1.165, 1.54) is 19.3 Å². The Labute approximate surface area is 120 Å². The van der Waals surface area contributed by atoms with Crippen molar-refractivity contribution < 1.29 is 14.3 Å². The largest absolute Gasteiger partial charge is 0.497 e. The molecule has 0 radical (unpaired) electrons. The molecule has 1 atom stereocenters. The standard InChI is InChI=1S/C16H23NO3/c1-13(12-17-9-4-3-5-10-17)20-16(18)14-7-6-8-15(11-14)19-2/h6-8,11,13H,3-5,9-10,12H2,1-2H3/t13-/m0/s1. The predicted octanol–water partition coefficient (Wildman–Crippen LogP) is 2.73. The maximum absolute atomic E-state index is 12.1. The maximum atomic E-state index is 12.1. The highest BCUT2D eigenvalue weighted by molar-refractivity contribution is 5.89. The fraction of sp³-hybridized carbons (Fsp3) is 0.562. The van der Waals surface area contributed by atoms with Crippen LogP contribution in [-0.2, 0) is 4.74 Å². The Hall–Kier alpha value is -1.55. The topological polar surface area (TPSA) is 38.8 Å². The molecule has 1 heterocycles. The summed E-state index contributed by atoms with van der Waals surface area (Å²) < 4.78 is 10.6. The van der Waals surface area contributed by atoms with Gasteiger partial charge in [0.05, 0.1) is 12.7 Å². The van der Waals surface area contributed by atoms with Crippen LogP contribution in [0.1, 0.15) is 36.5 Å². The normalized spacial score (nSPS) is 17.5. The molecule has 0 spiro atoms. The molecule has 0 unspecified atom stereocenters. The smallest absolute Gasteiger partial charge is 0.338 e. The van der Waals surface area contributed by atoms with Crippen LogP contribution in [0.25, 0.3) is 0 Å². The fourth-order valence-electron chi connectivity index (χ4n) is 2.54. The number of piperidine rings is 1. The molecular formula is C16H23NO3. The molecule has 1 fully saturated rings. The highest BCUT2D eigenvalue weighted by atomic mass is 16.5. The molecule has 0 N–H and O–H groups in total. The van der Waals surface area contributed by atoms with Crippen molar-refractivity contribution in [3.8, 4) is 5.75 Å². The summed E-state index contributed by atoms with van der Waals surface area (Å²) in [6, 6.07) is 7.06. The number of benzene rings is 1. The van der Waals surface area contributed by atoms with Crippen molar-refractivity contribution in [2.45, 2.75) is 32.3 Å². The molecule has 0 amide bonds. The second-order valence-corrected chi connectivity index (χ2v) is 5.31. The van der Waals surface area contributed by atoms with Gasteiger partial charge < -0.3 is 9.47 Å². The van der Waals surface area contributed by atoms with E-state index >= 15 is 0 Å².